The zero-order chi connectivity index (χ0) is 13.8. The van der Waals surface area contributed by atoms with Crippen molar-refractivity contribution in [2.24, 2.45) is 0 Å². The van der Waals surface area contributed by atoms with Crippen LogP contribution in [0, 0.1) is 6.92 Å². The third-order valence-electron chi connectivity index (χ3n) is 2.71. The van der Waals surface area contributed by atoms with E-state index in [2.05, 4.69) is 4.98 Å². The summed E-state index contributed by atoms with van der Waals surface area (Å²) in [5.41, 5.74) is 2.74. The first-order valence-corrected chi connectivity index (χ1v) is 6.62. The third kappa shape index (κ3) is 2.83. The van der Waals surface area contributed by atoms with E-state index in [-0.39, 0.29) is 5.97 Å². The van der Waals surface area contributed by atoms with Gasteiger partial charge in [-0.15, -0.1) is 11.3 Å². The molecule has 0 aliphatic heterocycles. The van der Waals surface area contributed by atoms with Gasteiger partial charge in [-0.05, 0) is 12.5 Å². The Bertz CT molecular complexity index is 592. The first kappa shape index (κ1) is 13.7. The minimum absolute atomic E-state index is 0.342. The SMILES string of the molecule is COCc1ccccc1-c1nc(C)c(C(=O)OC)s1. The van der Waals surface area contributed by atoms with Crippen LogP contribution in [-0.4, -0.2) is 25.2 Å². The third-order valence-corrected chi connectivity index (χ3v) is 3.89. The number of rotatable bonds is 4. The van der Waals surface area contributed by atoms with Crippen LogP contribution in [0.1, 0.15) is 20.9 Å². The summed E-state index contributed by atoms with van der Waals surface area (Å²) in [6, 6.07) is 7.88. The molecule has 19 heavy (non-hydrogen) atoms. The molecular formula is C14H15NO3S. The number of esters is 1. The van der Waals surface area contributed by atoms with Crippen LogP contribution >= 0.6 is 11.3 Å². The van der Waals surface area contributed by atoms with Crippen molar-refractivity contribution in [1.29, 1.82) is 0 Å². The lowest BCUT2D eigenvalue weighted by molar-refractivity contribution is 0.0605. The summed E-state index contributed by atoms with van der Waals surface area (Å²) in [6.07, 6.45) is 0. The number of aryl methyl sites for hydroxylation is 1. The number of hydrogen-bond donors (Lipinski definition) is 0. The van der Waals surface area contributed by atoms with Crippen molar-refractivity contribution in [3.63, 3.8) is 0 Å². The van der Waals surface area contributed by atoms with E-state index < -0.39 is 0 Å². The number of thiazole rings is 1. The molecule has 0 aliphatic carbocycles. The molecule has 4 nitrogen and oxygen atoms in total. The van der Waals surface area contributed by atoms with E-state index in [0.717, 1.165) is 16.1 Å². The Morgan fingerprint density at radius 1 is 1.32 bits per heavy atom. The summed E-state index contributed by atoms with van der Waals surface area (Å²) in [7, 11) is 3.03. The predicted octanol–water partition coefficient (Wildman–Crippen LogP) is 3.05. The normalized spacial score (nSPS) is 10.5. The van der Waals surface area contributed by atoms with Crippen LogP contribution in [0.5, 0.6) is 0 Å². The maximum atomic E-state index is 11.6. The van der Waals surface area contributed by atoms with Gasteiger partial charge >= 0.3 is 5.97 Å². The van der Waals surface area contributed by atoms with Crippen LogP contribution in [0.3, 0.4) is 0 Å². The van der Waals surface area contributed by atoms with Crippen LogP contribution in [0.2, 0.25) is 0 Å². The summed E-state index contributed by atoms with van der Waals surface area (Å²) in [5, 5.41) is 0.811. The van der Waals surface area contributed by atoms with E-state index in [1.807, 2.05) is 31.2 Å². The molecule has 0 radical (unpaired) electrons. The Morgan fingerprint density at radius 2 is 2.05 bits per heavy atom. The maximum absolute atomic E-state index is 11.6. The average Bonchev–Trinajstić information content (AvgIpc) is 2.81. The van der Waals surface area contributed by atoms with Gasteiger partial charge in [0.05, 0.1) is 19.4 Å². The highest BCUT2D eigenvalue weighted by atomic mass is 32.1. The monoisotopic (exact) mass is 277 g/mol. The second-order valence-electron chi connectivity index (χ2n) is 4.02. The number of aromatic nitrogens is 1. The van der Waals surface area contributed by atoms with Gasteiger partial charge < -0.3 is 9.47 Å². The number of hydrogen-bond acceptors (Lipinski definition) is 5. The van der Waals surface area contributed by atoms with Crippen LogP contribution in [0.4, 0.5) is 0 Å². The molecule has 2 aromatic rings. The van der Waals surface area contributed by atoms with Crippen LogP contribution in [0.15, 0.2) is 24.3 Å². The molecule has 1 aromatic heterocycles. The Kier molecular flexibility index (Phi) is 4.29. The summed E-state index contributed by atoms with van der Waals surface area (Å²) < 4.78 is 9.93. The molecule has 0 amide bonds. The van der Waals surface area contributed by atoms with Gasteiger partial charge in [0.2, 0.25) is 0 Å². The molecule has 0 unspecified atom stereocenters. The highest BCUT2D eigenvalue weighted by Gasteiger charge is 2.17. The quantitative estimate of drug-likeness (QED) is 0.806. The topological polar surface area (TPSA) is 48.4 Å². The fourth-order valence-corrected chi connectivity index (χ4v) is 2.85. The number of ether oxygens (including phenoxy) is 2. The lowest BCUT2D eigenvalue weighted by atomic mass is 10.1. The van der Waals surface area contributed by atoms with Gasteiger partial charge in [0.1, 0.15) is 9.88 Å². The number of carbonyl (C=O) groups is 1. The lowest BCUT2D eigenvalue weighted by Gasteiger charge is -2.05. The standard InChI is InChI=1S/C14H15NO3S/c1-9-12(14(16)18-3)19-13(15-9)11-7-5-4-6-10(11)8-17-2/h4-7H,8H2,1-3H3. The zero-order valence-corrected chi connectivity index (χ0v) is 11.9. The molecule has 0 bridgehead atoms. The fourth-order valence-electron chi connectivity index (χ4n) is 1.80. The lowest BCUT2D eigenvalue weighted by Crippen LogP contribution is -1.99. The minimum atomic E-state index is -0.342. The molecule has 0 spiro atoms. The van der Waals surface area contributed by atoms with E-state index >= 15 is 0 Å². The van der Waals surface area contributed by atoms with E-state index in [1.54, 1.807) is 7.11 Å². The summed E-state index contributed by atoms with van der Waals surface area (Å²) >= 11 is 1.34. The highest BCUT2D eigenvalue weighted by Crippen LogP contribution is 2.31. The van der Waals surface area contributed by atoms with Crippen molar-refractivity contribution < 1.29 is 14.3 Å². The second kappa shape index (κ2) is 5.95. The molecule has 0 atom stereocenters. The summed E-state index contributed by atoms with van der Waals surface area (Å²) in [5.74, 6) is -0.342. The predicted molar refractivity (Wildman–Crippen MR) is 74.3 cm³/mol. The van der Waals surface area contributed by atoms with Gasteiger partial charge in [-0.2, -0.15) is 0 Å². The molecule has 100 valence electrons. The summed E-state index contributed by atoms with van der Waals surface area (Å²) in [6.45, 7) is 2.33. The van der Waals surface area contributed by atoms with Crippen molar-refractivity contribution in [3.05, 3.63) is 40.4 Å². The van der Waals surface area contributed by atoms with Crippen LogP contribution in [0.25, 0.3) is 10.6 Å². The molecule has 0 fully saturated rings. The van der Waals surface area contributed by atoms with Crippen LogP contribution in [-0.2, 0) is 16.1 Å². The number of benzene rings is 1. The molecule has 2 rings (SSSR count). The van der Waals surface area contributed by atoms with Gasteiger partial charge in [0, 0.05) is 12.7 Å². The minimum Gasteiger partial charge on any atom is -0.465 e. The number of carbonyl (C=O) groups excluding carboxylic acids is 1. The molecule has 5 heteroatoms. The molecule has 0 N–H and O–H groups in total. The fraction of sp³-hybridized carbons (Fsp3) is 0.286. The number of methoxy groups -OCH3 is 2. The molecule has 0 aliphatic rings. The largest absolute Gasteiger partial charge is 0.465 e. The van der Waals surface area contributed by atoms with E-state index in [9.17, 15) is 4.79 Å². The molecular weight excluding hydrogens is 262 g/mol. The van der Waals surface area contributed by atoms with Crippen molar-refractivity contribution in [2.45, 2.75) is 13.5 Å². The second-order valence-corrected chi connectivity index (χ2v) is 5.01. The molecule has 0 saturated carbocycles. The van der Waals surface area contributed by atoms with Crippen molar-refractivity contribution in [2.75, 3.05) is 14.2 Å². The van der Waals surface area contributed by atoms with Crippen molar-refractivity contribution in [1.82, 2.24) is 4.98 Å². The van der Waals surface area contributed by atoms with Crippen LogP contribution < -0.4 is 0 Å². The Labute approximate surface area is 116 Å². The van der Waals surface area contributed by atoms with Gasteiger partial charge in [-0.1, -0.05) is 24.3 Å². The number of nitrogens with zero attached hydrogens (tertiary/aromatic N) is 1. The summed E-state index contributed by atoms with van der Waals surface area (Å²) in [4.78, 5) is 16.6. The van der Waals surface area contributed by atoms with Gasteiger partial charge in [0.25, 0.3) is 0 Å². The maximum Gasteiger partial charge on any atom is 0.349 e. The van der Waals surface area contributed by atoms with Gasteiger partial charge in [-0.3, -0.25) is 0 Å². The smallest absolute Gasteiger partial charge is 0.349 e. The molecule has 0 saturated heterocycles. The van der Waals surface area contributed by atoms with E-state index in [0.29, 0.717) is 17.2 Å². The molecule has 1 aromatic carbocycles. The van der Waals surface area contributed by atoms with E-state index in [1.165, 1.54) is 18.4 Å². The van der Waals surface area contributed by atoms with E-state index in [4.69, 9.17) is 9.47 Å². The first-order valence-electron chi connectivity index (χ1n) is 5.80. The van der Waals surface area contributed by atoms with Gasteiger partial charge in [0.15, 0.2) is 0 Å². The molecule has 1 heterocycles. The van der Waals surface area contributed by atoms with Crippen molar-refractivity contribution in [3.8, 4) is 10.6 Å². The zero-order valence-electron chi connectivity index (χ0n) is 11.1. The first-order chi connectivity index (χ1) is 9.17. The van der Waals surface area contributed by atoms with Gasteiger partial charge in [-0.25, -0.2) is 9.78 Å². The Hall–Kier alpha value is -1.72. The Morgan fingerprint density at radius 3 is 2.74 bits per heavy atom. The van der Waals surface area contributed by atoms with Crippen molar-refractivity contribution >= 4 is 17.3 Å². The highest BCUT2D eigenvalue weighted by molar-refractivity contribution is 7.17. The Balaban J connectivity index is 2.45. The average molecular weight is 277 g/mol.